The minimum Gasteiger partial charge on any atom is -0.455 e. The Labute approximate surface area is 172 Å². The molecule has 0 aromatic heterocycles. The fourth-order valence-electron chi connectivity index (χ4n) is 4.04. The second-order valence-corrected chi connectivity index (χ2v) is 7.44. The molecule has 0 spiro atoms. The Morgan fingerprint density at radius 1 is 1.03 bits per heavy atom. The molecule has 1 aromatic rings. The third-order valence-electron chi connectivity index (χ3n) is 5.57. The minimum atomic E-state index is -0.688. The number of fused-ring (bicyclic) bond motifs is 2. The van der Waals surface area contributed by atoms with Gasteiger partial charge in [0, 0.05) is 6.54 Å². The molecule has 2 atom stereocenters. The van der Waals surface area contributed by atoms with Crippen molar-refractivity contribution < 1.29 is 28.7 Å². The van der Waals surface area contributed by atoms with Gasteiger partial charge in [0.1, 0.15) is 6.54 Å². The zero-order valence-corrected chi connectivity index (χ0v) is 16.2. The van der Waals surface area contributed by atoms with Crippen LogP contribution in [0.1, 0.15) is 19.3 Å². The first-order chi connectivity index (χ1) is 14.5. The highest BCUT2D eigenvalue weighted by atomic mass is 16.5. The Bertz CT molecular complexity index is 930. The summed E-state index contributed by atoms with van der Waals surface area (Å²) in [6, 6.07) is 6.84. The normalized spacial score (nSPS) is 22.5. The SMILES string of the molecule is O=C1CN(C(=O)COC(=O)CCN2C(=O)C3CC=CCC3C2=O)c2ccccc2N1. The number of rotatable bonds is 5. The largest absolute Gasteiger partial charge is 0.455 e. The number of carbonyl (C=O) groups excluding carboxylic acids is 5. The highest BCUT2D eigenvalue weighted by Crippen LogP contribution is 2.35. The third-order valence-corrected chi connectivity index (χ3v) is 5.57. The van der Waals surface area contributed by atoms with Gasteiger partial charge in [-0.1, -0.05) is 24.3 Å². The van der Waals surface area contributed by atoms with Gasteiger partial charge in [0.05, 0.1) is 29.6 Å². The van der Waals surface area contributed by atoms with Crippen molar-refractivity contribution in [3.63, 3.8) is 0 Å². The topological polar surface area (TPSA) is 113 Å². The number of ether oxygens (including phenoxy) is 1. The van der Waals surface area contributed by atoms with E-state index in [4.69, 9.17) is 4.74 Å². The van der Waals surface area contributed by atoms with Crippen molar-refractivity contribution in [3.05, 3.63) is 36.4 Å². The van der Waals surface area contributed by atoms with E-state index in [9.17, 15) is 24.0 Å². The van der Waals surface area contributed by atoms with Crippen LogP contribution in [0.25, 0.3) is 0 Å². The number of para-hydroxylation sites is 2. The van der Waals surface area contributed by atoms with Gasteiger partial charge in [-0.05, 0) is 25.0 Å². The van der Waals surface area contributed by atoms with Gasteiger partial charge >= 0.3 is 5.97 Å². The molecule has 1 saturated heterocycles. The van der Waals surface area contributed by atoms with Crippen LogP contribution in [-0.4, -0.2) is 54.2 Å². The minimum absolute atomic E-state index is 0.0629. The number of benzene rings is 1. The van der Waals surface area contributed by atoms with Crippen LogP contribution in [-0.2, 0) is 28.7 Å². The van der Waals surface area contributed by atoms with Gasteiger partial charge in [0.25, 0.3) is 5.91 Å². The van der Waals surface area contributed by atoms with Gasteiger partial charge in [-0.15, -0.1) is 0 Å². The fraction of sp³-hybridized carbons (Fsp3) is 0.381. The Kier molecular flexibility index (Phi) is 5.35. The molecular formula is C21H21N3O6. The fourth-order valence-corrected chi connectivity index (χ4v) is 4.04. The first-order valence-corrected chi connectivity index (χ1v) is 9.81. The number of likely N-dealkylation sites (tertiary alicyclic amines) is 1. The zero-order valence-electron chi connectivity index (χ0n) is 16.2. The van der Waals surface area contributed by atoms with E-state index in [1.54, 1.807) is 24.3 Å². The lowest BCUT2D eigenvalue weighted by atomic mass is 9.85. The van der Waals surface area contributed by atoms with E-state index in [1.165, 1.54) is 4.90 Å². The number of allylic oxidation sites excluding steroid dienone is 2. The molecule has 1 aliphatic carbocycles. The van der Waals surface area contributed by atoms with Crippen molar-refractivity contribution in [3.8, 4) is 0 Å². The van der Waals surface area contributed by atoms with Crippen molar-refractivity contribution in [1.29, 1.82) is 0 Å². The Balaban J connectivity index is 1.29. The Hall–Kier alpha value is -3.49. The number of nitrogens with zero attached hydrogens (tertiary/aromatic N) is 2. The van der Waals surface area contributed by atoms with Crippen LogP contribution in [0.4, 0.5) is 11.4 Å². The van der Waals surface area contributed by atoms with Crippen molar-refractivity contribution in [2.45, 2.75) is 19.3 Å². The van der Waals surface area contributed by atoms with Crippen molar-refractivity contribution in [2.75, 3.05) is 29.9 Å². The average molecular weight is 411 g/mol. The Morgan fingerprint density at radius 2 is 1.70 bits per heavy atom. The van der Waals surface area contributed by atoms with Crippen molar-refractivity contribution in [1.82, 2.24) is 4.90 Å². The van der Waals surface area contributed by atoms with E-state index in [-0.39, 0.29) is 49.1 Å². The molecule has 3 aliphatic rings. The summed E-state index contributed by atoms with van der Waals surface area (Å²) in [4.78, 5) is 63.6. The third kappa shape index (κ3) is 3.70. The van der Waals surface area contributed by atoms with E-state index < -0.39 is 18.5 Å². The summed E-state index contributed by atoms with van der Waals surface area (Å²) >= 11 is 0. The highest BCUT2D eigenvalue weighted by molar-refractivity contribution is 6.10. The maximum atomic E-state index is 12.5. The van der Waals surface area contributed by atoms with Crippen LogP contribution in [0.3, 0.4) is 0 Å². The number of amides is 4. The molecule has 1 fully saturated rings. The van der Waals surface area contributed by atoms with E-state index in [2.05, 4.69) is 5.32 Å². The van der Waals surface area contributed by atoms with Crippen LogP contribution in [0, 0.1) is 11.8 Å². The van der Waals surface area contributed by atoms with Crippen LogP contribution < -0.4 is 10.2 Å². The van der Waals surface area contributed by atoms with E-state index in [1.807, 2.05) is 12.2 Å². The second-order valence-electron chi connectivity index (χ2n) is 7.44. The van der Waals surface area contributed by atoms with Gasteiger partial charge < -0.3 is 10.1 Å². The standard InChI is InChI=1S/C21H21N3O6/c25-17-11-24(16-8-4-3-7-15(16)22-17)18(26)12-30-19(27)9-10-23-20(28)13-5-1-2-6-14(13)21(23)29/h1-4,7-8,13-14H,5-6,9-12H2,(H,22,25). The smallest absolute Gasteiger partial charge is 0.308 e. The number of hydrogen-bond acceptors (Lipinski definition) is 6. The molecule has 4 rings (SSSR count). The molecule has 1 N–H and O–H groups in total. The molecular weight excluding hydrogens is 390 g/mol. The molecule has 2 aliphatic heterocycles. The van der Waals surface area contributed by atoms with Crippen LogP contribution in [0.15, 0.2) is 36.4 Å². The van der Waals surface area contributed by atoms with Gasteiger partial charge in [0.15, 0.2) is 6.61 Å². The molecule has 1 aromatic carbocycles. The average Bonchev–Trinajstić information content (AvgIpc) is 3.00. The maximum absolute atomic E-state index is 12.5. The highest BCUT2D eigenvalue weighted by Gasteiger charge is 2.47. The summed E-state index contributed by atoms with van der Waals surface area (Å²) in [5, 5.41) is 2.68. The number of nitrogens with one attached hydrogen (secondary N) is 1. The van der Waals surface area contributed by atoms with Crippen LogP contribution in [0.2, 0.25) is 0 Å². The predicted octanol–water partition coefficient (Wildman–Crippen LogP) is 0.856. The first kappa shape index (κ1) is 19.8. The lowest BCUT2D eigenvalue weighted by Gasteiger charge is -2.28. The number of imide groups is 1. The van der Waals surface area contributed by atoms with Gasteiger partial charge in [-0.2, -0.15) is 0 Å². The zero-order chi connectivity index (χ0) is 21.3. The van der Waals surface area contributed by atoms with Gasteiger partial charge in [-0.3, -0.25) is 33.8 Å². The molecule has 0 saturated carbocycles. The summed E-state index contributed by atoms with van der Waals surface area (Å²) in [6.07, 6.45) is 4.68. The van der Waals surface area contributed by atoms with E-state index in [0.717, 1.165) is 4.90 Å². The van der Waals surface area contributed by atoms with Crippen molar-refractivity contribution in [2.24, 2.45) is 11.8 Å². The van der Waals surface area contributed by atoms with Gasteiger partial charge in [0.2, 0.25) is 17.7 Å². The molecule has 0 bridgehead atoms. The summed E-state index contributed by atoms with van der Waals surface area (Å²) in [5.41, 5.74) is 1.04. The Morgan fingerprint density at radius 3 is 2.40 bits per heavy atom. The summed E-state index contributed by atoms with van der Waals surface area (Å²) in [5.74, 6) is -2.75. The van der Waals surface area contributed by atoms with Crippen LogP contribution >= 0.6 is 0 Å². The summed E-state index contributed by atoms with van der Waals surface area (Å²) < 4.78 is 5.03. The van der Waals surface area contributed by atoms with Gasteiger partial charge in [-0.25, -0.2) is 0 Å². The lowest BCUT2D eigenvalue weighted by Crippen LogP contribution is -2.44. The number of hydrogen-bond donors (Lipinski definition) is 1. The molecule has 9 nitrogen and oxygen atoms in total. The molecule has 9 heteroatoms. The molecule has 156 valence electrons. The predicted molar refractivity (Wildman–Crippen MR) is 105 cm³/mol. The molecule has 0 radical (unpaired) electrons. The number of carbonyl (C=O) groups is 5. The maximum Gasteiger partial charge on any atom is 0.308 e. The molecule has 30 heavy (non-hydrogen) atoms. The monoisotopic (exact) mass is 411 g/mol. The summed E-state index contributed by atoms with van der Waals surface area (Å²) in [6.45, 7) is -0.759. The molecule has 2 heterocycles. The van der Waals surface area contributed by atoms with Crippen LogP contribution in [0.5, 0.6) is 0 Å². The number of esters is 1. The number of anilines is 2. The molecule has 4 amide bonds. The first-order valence-electron chi connectivity index (χ1n) is 9.81. The van der Waals surface area contributed by atoms with Crippen molar-refractivity contribution >= 4 is 41.0 Å². The quantitative estimate of drug-likeness (QED) is 0.437. The second kappa shape index (κ2) is 8.10. The lowest BCUT2D eigenvalue weighted by molar-refractivity contribution is -0.149. The van der Waals surface area contributed by atoms with E-state index >= 15 is 0 Å². The van der Waals surface area contributed by atoms with E-state index in [0.29, 0.717) is 24.2 Å². The summed E-state index contributed by atoms with van der Waals surface area (Å²) in [7, 11) is 0. The molecule has 2 unspecified atom stereocenters.